The van der Waals surface area contributed by atoms with E-state index in [1.165, 1.54) is 0 Å². The van der Waals surface area contributed by atoms with Crippen molar-refractivity contribution >= 4 is 11.6 Å². The zero-order valence-electron chi connectivity index (χ0n) is 13.3. The molecule has 0 spiro atoms. The number of ether oxygens (including phenoxy) is 3. The Hall–Kier alpha value is -2.73. The lowest BCUT2D eigenvalue weighted by Gasteiger charge is -2.09. The van der Waals surface area contributed by atoms with E-state index in [0.717, 1.165) is 17.7 Å². The van der Waals surface area contributed by atoms with E-state index in [0.29, 0.717) is 41.5 Å². The highest BCUT2D eigenvalue weighted by Crippen LogP contribution is 2.33. The van der Waals surface area contributed by atoms with Gasteiger partial charge in [0.2, 0.25) is 5.82 Å². The molecule has 0 amide bonds. The second-order valence-electron chi connectivity index (χ2n) is 5.47. The summed E-state index contributed by atoms with van der Waals surface area (Å²) in [5, 5.41) is 4.61. The summed E-state index contributed by atoms with van der Waals surface area (Å²) in [7, 11) is 0. The number of fused-ring (bicyclic) bond motifs is 1. The highest BCUT2D eigenvalue weighted by Gasteiger charge is 2.13. The number of rotatable bonds is 4. The van der Waals surface area contributed by atoms with Crippen LogP contribution in [0.15, 0.2) is 47.0 Å². The van der Waals surface area contributed by atoms with E-state index in [1.807, 2.05) is 24.3 Å². The average Bonchev–Trinajstić information content (AvgIpc) is 2.98. The molecule has 0 N–H and O–H groups in total. The molecule has 1 aromatic heterocycles. The lowest BCUT2D eigenvalue weighted by Crippen LogP contribution is -1.98. The van der Waals surface area contributed by atoms with Gasteiger partial charge >= 0.3 is 0 Å². The van der Waals surface area contributed by atoms with Crippen molar-refractivity contribution in [2.24, 2.45) is 0 Å². The van der Waals surface area contributed by atoms with Gasteiger partial charge in [0, 0.05) is 23.1 Å². The van der Waals surface area contributed by atoms with Crippen molar-refractivity contribution in [3.8, 4) is 28.6 Å². The molecule has 4 rings (SSSR count). The maximum atomic E-state index is 5.88. The van der Waals surface area contributed by atoms with Crippen LogP contribution in [0.5, 0.6) is 17.2 Å². The summed E-state index contributed by atoms with van der Waals surface area (Å²) < 4.78 is 22.2. The van der Waals surface area contributed by atoms with Gasteiger partial charge in [0.25, 0.3) is 5.89 Å². The molecule has 0 aliphatic carbocycles. The van der Waals surface area contributed by atoms with Crippen molar-refractivity contribution < 1.29 is 18.7 Å². The first kappa shape index (κ1) is 15.8. The third-order valence-corrected chi connectivity index (χ3v) is 3.90. The topological polar surface area (TPSA) is 66.6 Å². The van der Waals surface area contributed by atoms with Crippen molar-refractivity contribution in [2.45, 2.75) is 13.0 Å². The molecular formula is C18H15ClN2O4. The molecule has 128 valence electrons. The standard InChI is InChI=1S/C18H15ClN2O4/c19-13-4-2-12(3-5-13)18-20-17(25-21-18)11-24-14-6-7-15-16(10-14)23-9-1-8-22-15/h2-7,10H,1,8-9,11H2. The van der Waals surface area contributed by atoms with Crippen molar-refractivity contribution in [1.29, 1.82) is 0 Å². The van der Waals surface area contributed by atoms with E-state index in [1.54, 1.807) is 18.2 Å². The normalized spacial score (nSPS) is 13.3. The number of benzene rings is 2. The number of nitrogens with zero attached hydrogens (tertiary/aromatic N) is 2. The molecule has 0 atom stereocenters. The summed E-state index contributed by atoms with van der Waals surface area (Å²) >= 11 is 5.88. The van der Waals surface area contributed by atoms with Crippen LogP contribution in [0.2, 0.25) is 5.02 Å². The van der Waals surface area contributed by atoms with Gasteiger partial charge in [0.05, 0.1) is 13.2 Å². The van der Waals surface area contributed by atoms with Crippen LogP contribution in [0.3, 0.4) is 0 Å². The van der Waals surface area contributed by atoms with Gasteiger partial charge in [-0.05, 0) is 36.4 Å². The SMILES string of the molecule is Clc1ccc(-c2noc(COc3ccc4c(c3)OCCCO4)n2)cc1. The fraction of sp³-hybridized carbons (Fsp3) is 0.222. The van der Waals surface area contributed by atoms with Crippen LogP contribution in [-0.4, -0.2) is 23.4 Å². The minimum Gasteiger partial charge on any atom is -0.490 e. The maximum absolute atomic E-state index is 5.88. The van der Waals surface area contributed by atoms with Gasteiger partial charge in [0.15, 0.2) is 18.1 Å². The summed E-state index contributed by atoms with van der Waals surface area (Å²) in [5.41, 5.74) is 0.829. The van der Waals surface area contributed by atoms with E-state index in [4.69, 9.17) is 30.3 Å². The van der Waals surface area contributed by atoms with Crippen LogP contribution in [-0.2, 0) is 6.61 Å². The van der Waals surface area contributed by atoms with Crippen molar-refractivity contribution in [2.75, 3.05) is 13.2 Å². The van der Waals surface area contributed by atoms with Crippen LogP contribution < -0.4 is 14.2 Å². The molecule has 2 heterocycles. The first-order valence-electron chi connectivity index (χ1n) is 7.89. The Morgan fingerprint density at radius 1 is 1.00 bits per heavy atom. The van der Waals surface area contributed by atoms with Gasteiger partial charge in [-0.15, -0.1) is 0 Å². The van der Waals surface area contributed by atoms with Crippen LogP contribution in [0.4, 0.5) is 0 Å². The molecule has 1 aliphatic rings. The summed E-state index contributed by atoms with van der Waals surface area (Å²) in [6.07, 6.45) is 0.861. The van der Waals surface area contributed by atoms with Crippen LogP contribution >= 0.6 is 11.6 Å². The van der Waals surface area contributed by atoms with Gasteiger partial charge in [-0.25, -0.2) is 0 Å². The zero-order chi connectivity index (χ0) is 17.1. The first-order valence-corrected chi connectivity index (χ1v) is 8.27. The molecule has 0 bridgehead atoms. The smallest absolute Gasteiger partial charge is 0.264 e. The Morgan fingerprint density at radius 2 is 1.80 bits per heavy atom. The number of hydrogen-bond acceptors (Lipinski definition) is 6. The Morgan fingerprint density at radius 3 is 2.64 bits per heavy atom. The van der Waals surface area contributed by atoms with Crippen LogP contribution in [0, 0.1) is 0 Å². The highest BCUT2D eigenvalue weighted by atomic mass is 35.5. The van der Waals surface area contributed by atoms with E-state index in [9.17, 15) is 0 Å². The quantitative estimate of drug-likeness (QED) is 0.698. The Kier molecular flexibility index (Phi) is 4.43. The van der Waals surface area contributed by atoms with Gasteiger partial charge in [-0.1, -0.05) is 16.8 Å². The predicted octanol–water partition coefficient (Wildman–Crippen LogP) is 4.13. The molecular weight excluding hydrogens is 344 g/mol. The van der Waals surface area contributed by atoms with E-state index in [2.05, 4.69) is 10.1 Å². The van der Waals surface area contributed by atoms with E-state index >= 15 is 0 Å². The number of hydrogen-bond donors (Lipinski definition) is 0. The van der Waals surface area contributed by atoms with Crippen LogP contribution in [0.25, 0.3) is 11.4 Å². The third kappa shape index (κ3) is 3.69. The van der Waals surface area contributed by atoms with Crippen molar-refractivity contribution in [3.63, 3.8) is 0 Å². The largest absolute Gasteiger partial charge is 0.490 e. The van der Waals surface area contributed by atoms with Crippen molar-refractivity contribution in [3.05, 3.63) is 53.4 Å². The summed E-state index contributed by atoms with van der Waals surface area (Å²) in [6.45, 7) is 1.45. The van der Waals surface area contributed by atoms with E-state index < -0.39 is 0 Å². The maximum Gasteiger partial charge on any atom is 0.264 e. The summed E-state index contributed by atoms with van der Waals surface area (Å²) in [4.78, 5) is 4.33. The van der Waals surface area contributed by atoms with Gasteiger partial charge in [-0.2, -0.15) is 4.98 Å². The molecule has 0 radical (unpaired) electrons. The minimum absolute atomic E-state index is 0.167. The fourth-order valence-electron chi connectivity index (χ4n) is 2.41. The number of halogens is 1. The molecule has 2 aromatic carbocycles. The molecule has 3 aromatic rings. The Balaban J connectivity index is 1.43. The monoisotopic (exact) mass is 358 g/mol. The summed E-state index contributed by atoms with van der Waals surface area (Å²) in [6, 6.07) is 12.7. The number of aromatic nitrogens is 2. The Labute approximate surface area is 149 Å². The minimum atomic E-state index is 0.167. The second kappa shape index (κ2) is 7.03. The highest BCUT2D eigenvalue weighted by molar-refractivity contribution is 6.30. The molecule has 0 fully saturated rings. The lowest BCUT2D eigenvalue weighted by atomic mass is 10.2. The molecule has 1 aliphatic heterocycles. The molecule has 0 unspecified atom stereocenters. The van der Waals surface area contributed by atoms with Crippen molar-refractivity contribution in [1.82, 2.24) is 10.1 Å². The van der Waals surface area contributed by atoms with Gasteiger partial charge < -0.3 is 18.7 Å². The fourth-order valence-corrected chi connectivity index (χ4v) is 2.53. The predicted molar refractivity (Wildman–Crippen MR) is 91.1 cm³/mol. The molecule has 25 heavy (non-hydrogen) atoms. The average molecular weight is 359 g/mol. The molecule has 6 nitrogen and oxygen atoms in total. The third-order valence-electron chi connectivity index (χ3n) is 3.65. The van der Waals surface area contributed by atoms with Gasteiger partial charge in [0.1, 0.15) is 5.75 Å². The zero-order valence-corrected chi connectivity index (χ0v) is 14.0. The molecule has 0 saturated carbocycles. The van der Waals surface area contributed by atoms with E-state index in [-0.39, 0.29) is 6.61 Å². The molecule has 0 saturated heterocycles. The lowest BCUT2D eigenvalue weighted by molar-refractivity contribution is 0.241. The molecule has 7 heteroatoms. The Bertz CT molecular complexity index is 864. The summed E-state index contributed by atoms with van der Waals surface area (Å²) in [5.74, 6) is 2.94. The first-order chi connectivity index (χ1) is 12.3. The second-order valence-corrected chi connectivity index (χ2v) is 5.90. The van der Waals surface area contributed by atoms with Gasteiger partial charge in [-0.3, -0.25) is 0 Å². The van der Waals surface area contributed by atoms with Crippen LogP contribution in [0.1, 0.15) is 12.3 Å².